The maximum atomic E-state index is 13.9. The van der Waals surface area contributed by atoms with Gasteiger partial charge in [0, 0.05) is 24.1 Å². The van der Waals surface area contributed by atoms with Crippen molar-refractivity contribution in [3.8, 4) is 0 Å². The lowest BCUT2D eigenvalue weighted by Gasteiger charge is -2.35. The lowest BCUT2D eigenvalue weighted by Crippen LogP contribution is -2.44. The van der Waals surface area contributed by atoms with E-state index in [0.717, 1.165) is 0 Å². The lowest BCUT2D eigenvalue weighted by atomic mass is 9.92. The van der Waals surface area contributed by atoms with Crippen molar-refractivity contribution in [1.29, 1.82) is 0 Å². The number of rotatable bonds is 3. The third-order valence-corrected chi connectivity index (χ3v) is 4.37. The molecule has 1 heterocycles. The van der Waals surface area contributed by atoms with Crippen molar-refractivity contribution in [2.75, 3.05) is 13.7 Å². The van der Waals surface area contributed by atoms with E-state index in [4.69, 9.17) is 9.47 Å². The van der Waals surface area contributed by atoms with E-state index in [1.807, 2.05) is 0 Å². The fraction of sp³-hybridized carbons (Fsp3) is 0.733. The largest absolute Gasteiger partial charge is 0.497 e. The van der Waals surface area contributed by atoms with Gasteiger partial charge in [0.25, 0.3) is 0 Å². The Morgan fingerprint density at radius 1 is 1.30 bits per heavy atom. The zero-order valence-electron chi connectivity index (χ0n) is 11.8. The molecule has 3 rings (SSSR count). The Kier molecular flexibility index (Phi) is 3.71. The van der Waals surface area contributed by atoms with Crippen LogP contribution in [0.5, 0.6) is 0 Å². The average molecular weight is 285 g/mol. The molecule has 0 unspecified atom stereocenters. The van der Waals surface area contributed by atoms with Crippen LogP contribution in [0.4, 0.5) is 8.78 Å². The minimum atomic E-state index is -2.89. The molecule has 0 aromatic carbocycles. The minimum Gasteiger partial charge on any atom is -0.497 e. The van der Waals surface area contributed by atoms with Gasteiger partial charge in [-0.3, -0.25) is 0 Å². The maximum Gasteiger partial charge on any atom is 0.307 e. The molecule has 0 saturated heterocycles. The van der Waals surface area contributed by atoms with E-state index in [-0.39, 0.29) is 18.2 Å². The van der Waals surface area contributed by atoms with E-state index in [0.29, 0.717) is 30.4 Å². The van der Waals surface area contributed by atoms with Gasteiger partial charge >= 0.3 is 5.92 Å². The molecule has 0 aromatic rings. The molecular formula is C15H21F2NO2. The van der Waals surface area contributed by atoms with Crippen molar-refractivity contribution in [1.82, 2.24) is 5.32 Å². The summed E-state index contributed by atoms with van der Waals surface area (Å²) in [6.07, 6.45) is 6.54. The van der Waals surface area contributed by atoms with E-state index in [2.05, 4.69) is 5.32 Å². The Bertz CT molecular complexity index is 439. The van der Waals surface area contributed by atoms with Crippen molar-refractivity contribution in [2.45, 2.75) is 56.5 Å². The summed E-state index contributed by atoms with van der Waals surface area (Å²) in [5, 5.41) is 3.54. The smallest absolute Gasteiger partial charge is 0.307 e. The van der Waals surface area contributed by atoms with Crippen molar-refractivity contribution in [3.63, 3.8) is 0 Å². The van der Waals surface area contributed by atoms with Gasteiger partial charge in [-0.1, -0.05) is 12.8 Å². The molecule has 3 aliphatic rings. The van der Waals surface area contributed by atoms with Crippen molar-refractivity contribution < 1.29 is 18.3 Å². The first-order chi connectivity index (χ1) is 9.60. The first-order valence-electron chi connectivity index (χ1n) is 7.35. The van der Waals surface area contributed by atoms with Crippen LogP contribution in [0.25, 0.3) is 0 Å². The van der Waals surface area contributed by atoms with Crippen LogP contribution >= 0.6 is 0 Å². The molecule has 0 spiro atoms. The van der Waals surface area contributed by atoms with Gasteiger partial charge in [-0.2, -0.15) is 8.78 Å². The Morgan fingerprint density at radius 2 is 2.05 bits per heavy atom. The highest BCUT2D eigenvalue weighted by Gasteiger charge is 2.44. The fourth-order valence-electron chi connectivity index (χ4n) is 3.38. The molecule has 1 saturated carbocycles. The monoisotopic (exact) mass is 285 g/mol. The topological polar surface area (TPSA) is 30.5 Å². The Morgan fingerprint density at radius 3 is 2.75 bits per heavy atom. The van der Waals surface area contributed by atoms with E-state index >= 15 is 0 Å². The molecule has 5 heteroatoms. The van der Waals surface area contributed by atoms with E-state index in [1.54, 1.807) is 0 Å². The van der Waals surface area contributed by atoms with Gasteiger partial charge in [0.15, 0.2) is 5.76 Å². The molecule has 0 radical (unpaired) electrons. The minimum absolute atomic E-state index is 0.101. The molecule has 0 aromatic heterocycles. The predicted molar refractivity (Wildman–Crippen MR) is 71.4 cm³/mol. The van der Waals surface area contributed by atoms with Gasteiger partial charge < -0.3 is 14.8 Å². The lowest BCUT2D eigenvalue weighted by molar-refractivity contribution is -0.0368. The first kappa shape index (κ1) is 13.9. The SMILES string of the molecule is COC1=CCC(F)(F)C2=C1C[C@@H](NC1CCCC1)CO2. The first-order valence-corrected chi connectivity index (χ1v) is 7.35. The van der Waals surface area contributed by atoms with E-state index in [9.17, 15) is 8.78 Å². The van der Waals surface area contributed by atoms with Gasteiger partial charge in [0.2, 0.25) is 0 Å². The standard InChI is InChI=1S/C15H21F2NO2/c1-19-13-6-7-15(16,17)14-12(13)8-11(9-20-14)18-10-4-2-3-5-10/h6,10-11,18H,2-5,7-9H2,1H3/t11-/m1/s1. The summed E-state index contributed by atoms with van der Waals surface area (Å²) < 4.78 is 38.4. The maximum absolute atomic E-state index is 13.9. The third-order valence-electron chi connectivity index (χ3n) is 4.37. The number of ether oxygens (including phenoxy) is 2. The molecular weight excluding hydrogens is 264 g/mol. The van der Waals surface area contributed by atoms with Gasteiger partial charge in [0.05, 0.1) is 7.11 Å². The number of hydrogen-bond acceptors (Lipinski definition) is 3. The molecule has 1 atom stereocenters. The van der Waals surface area contributed by atoms with Crippen molar-refractivity contribution in [3.05, 3.63) is 23.2 Å². The second-order valence-electron chi connectivity index (χ2n) is 5.85. The van der Waals surface area contributed by atoms with Crippen LogP contribution in [0.1, 0.15) is 38.5 Å². The zero-order chi connectivity index (χ0) is 14.2. The summed E-state index contributed by atoms with van der Waals surface area (Å²) in [5.41, 5.74) is 0.533. The molecule has 20 heavy (non-hydrogen) atoms. The molecule has 112 valence electrons. The highest BCUT2D eigenvalue weighted by Crippen LogP contribution is 2.42. The van der Waals surface area contributed by atoms with Crippen LogP contribution in [0.3, 0.4) is 0 Å². The zero-order valence-corrected chi connectivity index (χ0v) is 11.8. The molecule has 2 aliphatic carbocycles. The van der Waals surface area contributed by atoms with Crippen LogP contribution in [0, 0.1) is 0 Å². The van der Waals surface area contributed by atoms with E-state index < -0.39 is 5.92 Å². The van der Waals surface area contributed by atoms with Gasteiger partial charge in [-0.05, 0) is 25.3 Å². The Hall–Kier alpha value is -1.10. The number of methoxy groups -OCH3 is 1. The highest BCUT2D eigenvalue weighted by molar-refractivity contribution is 5.38. The van der Waals surface area contributed by atoms with Crippen LogP contribution in [-0.4, -0.2) is 31.7 Å². The summed E-state index contributed by atoms with van der Waals surface area (Å²) in [6, 6.07) is 0.606. The van der Waals surface area contributed by atoms with Crippen molar-refractivity contribution in [2.24, 2.45) is 0 Å². The van der Waals surface area contributed by atoms with Crippen LogP contribution in [0.15, 0.2) is 23.2 Å². The van der Waals surface area contributed by atoms with Gasteiger partial charge in [-0.15, -0.1) is 0 Å². The highest BCUT2D eigenvalue weighted by atomic mass is 19.3. The molecule has 0 bridgehead atoms. The summed E-state index contributed by atoms with van der Waals surface area (Å²) in [7, 11) is 1.52. The molecule has 1 fully saturated rings. The molecule has 1 N–H and O–H groups in total. The van der Waals surface area contributed by atoms with Crippen LogP contribution in [-0.2, 0) is 9.47 Å². The van der Waals surface area contributed by atoms with Gasteiger partial charge in [-0.25, -0.2) is 0 Å². The van der Waals surface area contributed by atoms with E-state index in [1.165, 1.54) is 38.9 Å². The summed E-state index contributed by atoms with van der Waals surface area (Å²) in [6.45, 7) is 0.321. The number of alkyl halides is 2. The average Bonchev–Trinajstić information content (AvgIpc) is 2.92. The number of nitrogens with one attached hydrogen (secondary N) is 1. The molecule has 1 aliphatic heterocycles. The third kappa shape index (κ3) is 2.55. The number of allylic oxidation sites excluding steroid dienone is 3. The number of hydrogen-bond donors (Lipinski definition) is 1. The van der Waals surface area contributed by atoms with Crippen molar-refractivity contribution >= 4 is 0 Å². The summed E-state index contributed by atoms with van der Waals surface area (Å²) in [5.74, 6) is -2.53. The predicted octanol–water partition coefficient (Wildman–Crippen LogP) is 3.13. The molecule has 3 nitrogen and oxygen atoms in total. The quantitative estimate of drug-likeness (QED) is 0.864. The normalized spacial score (nSPS) is 29.8. The van der Waals surface area contributed by atoms with Crippen LogP contribution in [0.2, 0.25) is 0 Å². The van der Waals surface area contributed by atoms with Crippen LogP contribution < -0.4 is 5.32 Å². The fourth-order valence-corrected chi connectivity index (χ4v) is 3.38. The molecule has 0 amide bonds. The van der Waals surface area contributed by atoms with Gasteiger partial charge in [0.1, 0.15) is 12.4 Å². The Balaban J connectivity index is 1.74. The summed E-state index contributed by atoms with van der Waals surface area (Å²) >= 11 is 0. The Labute approximate surface area is 118 Å². The second kappa shape index (κ2) is 5.35. The second-order valence-corrected chi connectivity index (χ2v) is 5.85. The number of halogens is 2. The summed E-state index contributed by atoms with van der Waals surface area (Å²) in [4.78, 5) is 0.